The zero-order chi connectivity index (χ0) is 17.4. The number of benzene rings is 1. The Morgan fingerprint density at radius 3 is 2.67 bits per heavy atom. The lowest BCUT2D eigenvalue weighted by molar-refractivity contribution is -0.122. The highest BCUT2D eigenvalue weighted by Crippen LogP contribution is 2.28. The van der Waals surface area contributed by atoms with E-state index in [1.807, 2.05) is 6.92 Å². The van der Waals surface area contributed by atoms with Crippen molar-refractivity contribution in [2.45, 2.75) is 25.9 Å². The lowest BCUT2D eigenvalue weighted by Crippen LogP contribution is -2.44. The molecule has 1 aromatic carbocycles. The van der Waals surface area contributed by atoms with Crippen LogP contribution in [-0.4, -0.2) is 44.7 Å². The highest BCUT2D eigenvalue weighted by Gasteiger charge is 2.28. The minimum absolute atomic E-state index is 0.131. The normalized spacial score (nSPS) is 15.5. The molecule has 0 aliphatic heterocycles. The smallest absolute Gasteiger partial charge is 0.223 e. The second kappa shape index (κ2) is 9.10. The largest absolute Gasteiger partial charge is 0.486 e. The van der Waals surface area contributed by atoms with Gasteiger partial charge in [0.05, 0.1) is 6.54 Å². The molecule has 132 valence electrons. The fraction of sp³-hybridized carbons (Fsp3) is 0.529. The van der Waals surface area contributed by atoms with Crippen molar-refractivity contribution in [3.8, 4) is 5.75 Å². The number of para-hydroxylation sites is 1. The van der Waals surface area contributed by atoms with Crippen molar-refractivity contribution in [2.24, 2.45) is 10.9 Å². The Kier molecular flexibility index (Phi) is 6.84. The van der Waals surface area contributed by atoms with Crippen molar-refractivity contribution in [3.05, 3.63) is 30.1 Å². The molecule has 0 heterocycles. The van der Waals surface area contributed by atoms with Crippen LogP contribution in [0.1, 0.15) is 19.8 Å². The van der Waals surface area contributed by atoms with Gasteiger partial charge >= 0.3 is 0 Å². The van der Waals surface area contributed by atoms with Crippen LogP contribution in [0.3, 0.4) is 0 Å². The molecule has 0 bridgehead atoms. The van der Waals surface area contributed by atoms with Crippen LogP contribution in [0.4, 0.5) is 4.39 Å². The SMILES string of the molecule is CN=C(NCCNC(=O)C1CC1)NCC(C)Oc1ccccc1F. The molecule has 1 aliphatic rings. The average molecular weight is 336 g/mol. The number of hydrogen-bond donors (Lipinski definition) is 3. The first-order chi connectivity index (χ1) is 11.6. The van der Waals surface area contributed by atoms with Gasteiger partial charge in [-0.15, -0.1) is 0 Å². The molecule has 0 saturated heterocycles. The molecule has 6 nitrogen and oxygen atoms in total. The first kappa shape index (κ1) is 18.0. The number of nitrogens with zero attached hydrogens (tertiary/aromatic N) is 1. The number of hydrogen-bond acceptors (Lipinski definition) is 3. The lowest BCUT2D eigenvalue weighted by atomic mass is 10.3. The minimum Gasteiger partial charge on any atom is -0.486 e. The number of aliphatic imine (C=N–C) groups is 1. The van der Waals surface area contributed by atoms with Gasteiger partial charge in [-0.25, -0.2) is 4.39 Å². The molecule has 0 spiro atoms. The van der Waals surface area contributed by atoms with E-state index < -0.39 is 0 Å². The molecule has 0 aromatic heterocycles. The van der Waals surface area contributed by atoms with Crippen LogP contribution in [0, 0.1) is 11.7 Å². The van der Waals surface area contributed by atoms with Gasteiger partial charge in [0.25, 0.3) is 0 Å². The maximum Gasteiger partial charge on any atom is 0.223 e. The van der Waals surface area contributed by atoms with E-state index in [2.05, 4.69) is 20.9 Å². The van der Waals surface area contributed by atoms with Crippen LogP contribution in [0.25, 0.3) is 0 Å². The fourth-order valence-electron chi connectivity index (χ4n) is 2.12. The molecule has 2 rings (SSSR count). The molecule has 7 heteroatoms. The lowest BCUT2D eigenvalue weighted by Gasteiger charge is -2.18. The van der Waals surface area contributed by atoms with E-state index >= 15 is 0 Å². The summed E-state index contributed by atoms with van der Waals surface area (Å²) < 4.78 is 19.1. The molecular formula is C17H25FN4O2. The van der Waals surface area contributed by atoms with Crippen LogP contribution in [0.5, 0.6) is 5.75 Å². The number of rotatable bonds is 8. The maximum atomic E-state index is 13.5. The van der Waals surface area contributed by atoms with Gasteiger partial charge in [-0.2, -0.15) is 0 Å². The molecule has 1 atom stereocenters. The Bertz CT molecular complexity index is 575. The van der Waals surface area contributed by atoms with Gasteiger partial charge in [0.2, 0.25) is 5.91 Å². The van der Waals surface area contributed by atoms with Crippen LogP contribution in [0.2, 0.25) is 0 Å². The van der Waals surface area contributed by atoms with E-state index in [1.165, 1.54) is 6.07 Å². The zero-order valence-electron chi connectivity index (χ0n) is 14.1. The summed E-state index contributed by atoms with van der Waals surface area (Å²) in [6.07, 6.45) is 1.78. The van der Waals surface area contributed by atoms with E-state index in [0.717, 1.165) is 12.8 Å². The van der Waals surface area contributed by atoms with Crippen molar-refractivity contribution in [2.75, 3.05) is 26.7 Å². The maximum absolute atomic E-state index is 13.5. The number of nitrogens with one attached hydrogen (secondary N) is 3. The van der Waals surface area contributed by atoms with Crippen molar-refractivity contribution in [1.82, 2.24) is 16.0 Å². The van der Waals surface area contributed by atoms with Gasteiger partial charge in [-0.3, -0.25) is 9.79 Å². The molecule has 0 radical (unpaired) electrons. The van der Waals surface area contributed by atoms with Crippen molar-refractivity contribution in [1.29, 1.82) is 0 Å². The number of carbonyl (C=O) groups is 1. The molecule has 1 amide bonds. The Morgan fingerprint density at radius 1 is 1.29 bits per heavy atom. The van der Waals surface area contributed by atoms with Gasteiger partial charge in [-0.1, -0.05) is 12.1 Å². The van der Waals surface area contributed by atoms with E-state index in [1.54, 1.807) is 25.2 Å². The topological polar surface area (TPSA) is 74.8 Å². The van der Waals surface area contributed by atoms with E-state index in [9.17, 15) is 9.18 Å². The van der Waals surface area contributed by atoms with Crippen molar-refractivity contribution >= 4 is 11.9 Å². The third kappa shape index (κ3) is 6.06. The van der Waals surface area contributed by atoms with Crippen LogP contribution in [-0.2, 0) is 4.79 Å². The molecule has 3 N–H and O–H groups in total. The molecule has 24 heavy (non-hydrogen) atoms. The molecule has 1 unspecified atom stereocenters. The molecule has 1 fully saturated rings. The average Bonchev–Trinajstić information content (AvgIpc) is 3.41. The van der Waals surface area contributed by atoms with E-state index in [0.29, 0.717) is 25.6 Å². The summed E-state index contributed by atoms with van der Waals surface area (Å²) in [5.74, 6) is 0.820. The highest BCUT2D eigenvalue weighted by atomic mass is 19.1. The summed E-state index contributed by atoms with van der Waals surface area (Å²) in [5, 5.41) is 9.10. The summed E-state index contributed by atoms with van der Waals surface area (Å²) in [6, 6.07) is 6.32. The third-order valence-corrected chi connectivity index (χ3v) is 3.61. The Balaban J connectivity index is 1.63. The Morgan fingerprint density at radius 2 is 2.00 bits per heavy atom. The first-order valence-corrected chi connectivity index (χ1v) is 8.23. The van der Waals surface area contributed by atoms with E-state index in [-0.39, 0.29) is 29.5 Å². The summed E-state index contributed by atoms with van der Waals surface area (Å²) in [5.41, 5.74) is 0. The molecular weight excluding hydrogens is 311 g/mol. The number of carbonyl (C=O) groups excluding carboxylic acids is 1. The van der Waals surface area contributed by atoms with E-state index in [4.69, 9.17) is 4.74 Å². The monoisotopic (exact) mass is 336 g/mol. The quantitative estimate of drug-likeness (QED) is 0.380. The highest BCUT2D eigenvalue weighted by molar-refractivity contribution is 5.81. The standard InChI is InChI=1S/C17H25FN4O2/c1-12(24-15-6-4-3-5-14(15)18)11-22-17(19-2)21-10-9-20-16(23)13-7-8-13/h3-6,12-13H,7-11H2,1-2H3,(H,20,23)(H2,19,21,22). The zero-order valence-corrected chi connectivity index (χ0v) is 14.1. The Hall–Kier alpha value is -2.31. The predicted molar refractivity (Wildman–Crippen MR) is 91.6 cm³/mol. The van der Waals surface area contributed by atoms with Crippen LogP contribution < -0.4 is 20.7 Å². The molecule has 1 saturated carbocycles. The molecule has 1 aromatic rings. The summed E-state index contributed by atoms with van der Waals surface area (Å²) >= 11 is 0. The number of halogens is 1. The first-order valence-electron chi connectivity index (χ1n) is 8.23. The summed E-state index contributed by atoms with van der Waals surface area (Å²) in [6.45, 7) is 3.46. The number of amides is 1. The second-order valence-electron chi connectivity index (χ2n) is 5.80. The third-order valence-electron chi connectivity index (χ3n) is 3.61. The summed E-state index contributed by atoms with van der Waals surface area (Å²) in [4.78, 5) is 15.6. The van der Waals surface area contributed by atoms with Gasteiger partial charge in [0.1, 0.15) is 6.10 Å². The summed E-state index contributed by atoms with van der Waals surface area (Å²) in [7, 11) is 1.67. The van der Waals surface area contributed by atoms with Crippen LogP contribution in [0.15, 0.2) is 29.3 Å². The predicted octanol–water partition coefficient (Wildman–Crippen LogP) is 1.28. The second-order valence-corrected chi connectivity index (χ2v) is 5.80. The van der Waals surface area contributed by atoms with Gasteiger partial charge in [0.15, 0.2) is 17.5 Å². The minimum atomic E-state index is -0.377. The number of ether oxygens (including phenoxy) is 1. The number of guanidine groups is 1. The molecule has 1 aliphatic carbocycles. The van der Waals surface area contributed by atoms with Gasteiger partial charge in [0, 0.05) is 26.1 Å². The van der Waals surface area contributed by atoms with Crippen LogP contribution >= 0.6 is 0 Å². The van der Waals surface area contributed by atoms with Gasteiger partial charge < -0.3 is 20.7 Å². The van der Waals surface area contributed by atoms with Gasteiger partial charge in [-0.05, 0) is 31.9 Å². The Labute approximate surface area is 141 Å². The van der Waals surface area contributed by atoms with Crippen molar-refractivity contribution < 1.29 is 13.9 Å². The van der Waals surface area contributed by atoms with Crippen molar-refractivity contribution in [3.63, 3.8) is 0 Å². The fourth-order valence-corrected chi connectivity index (χ4v) is 2.12.